The van der Waals surface area contributed by atoms with Crippen molar-refractivity contribution >= 4 is 27.3 Å². The summed E-state index contributed by atoms with van der Waals surface area (Å²) in [7, 11) is 0. The first-order valence-electron chi connectivity index (χ1n) is 5.11. The number of hydrogen-bond donors (Lipinski definition) is 1. The van der Waals surface area contributed by atoms with Crippen LogP contribution in [0, 0.1) is 5.95 Å². The molecule has 2 aromatic rings. The van der Waals surface area contributed by atoms with E-state index in [0.717, 1.165) is 12.1 Å². The SMILES string of the molecule is Fc1cc(Nc2ccc(Br)c(C(F)(F)F)c2)ccn1. The minimum atomic E-state index is -4.46. The van der Waals surface area contributed by atoms with Crippen LogP contribution in [0.25, 0.3) is 0 Å². The smallest absolute Gasteiger partial charge is 0.355 e. The molecular weight excluding hydrogens is 328 g/mol. The molecule has 0 aliphatic rings. The lowest BCUT2D eigenvalue weighted by Crippen LogP contribution is -2.06. The Kier molecular flexibility index (Phi) is 3.75. The van der Waals surface area contributed by atoms with Crippen LogP contribution in [0.2, 0.25) is 0 Å². The van der Waals surface area contributed by atoms with Gasteiger partial charge in [0.2, 0.25) is 5.95 Å². The van der Waals surface area contributed by atoms with Crippen molar-refractivity contribution in [2.45, 2.75) is 6.18 Å². The Morgan fingerprint density at radius 1 is 1.05 bits per heavy atom. The summed E-state index contributed by atoms with van der Waals surface area (Å²) < 4.78 is 50.9. The number of nitrogens with one attached hydrogen (secondary N) is 1. The second-order valence-corrected chi connectivity index (χ2v) is 4.54. The normalized spacial score (nSPS) is 11.4. The van der Waals surface area contributed by atoms with Crippen molar-refractivity contribution in [3.05, 3.63) is 52.5 Å². The van der Waals surface area contributed by atoms with Crippen LogP contribution >= 0.6 is 15.9 Å². The fraction of sp³-hybridized carbons (Fsp3) is 0.0833. The molecule has 0 saturated heterocycles. The Balaban J connectivity index is 2.32. The summed E-state index contributed by atoms with van der Waals surface area (Å²) in [5, 5.41) is 2.68. The molecule has 0 atom stereocenters. The number of nitrogens with zero attached hydrogens (tertiary/aromatic N) is 1. The molecule has 1 aromatic heterocycles. The zero-order valence-electron chi connectivity index (χ0n) is 9.30. The highest BCUT2D eigenvalue weighted by atomic mass is 79.9. The number of pyridine rings is 1. The zero-order valence-corrected chi connectivity index (χ0v) is 10.9. The highest BCUT2D eigenvalue weighted by Gasteiger charge is 2.33. The van der Waals surface area contributed by atoms with Gasteiger partial charge in [-0.05, 0) is 24.3 Å². The predicted octanol–water partition coefficient (Wildman–Crippen LogP) is 4.75. The van der Waals surface area contributed by atoms with Gasteiger partial charge in [0.25, 0.3) is 0 Å². The van der Waals surface area contributed by atoms with Crippen LogP contribution < -0.4 is 5.32 Å². The molecule has 1 aromatic carbocycles. The van der Waals surface area contributed by atoms with Crippen LogP contribution in [-0.2, 0) is 6.18 Å². The molecule has 0 radical (unpaired) electrons. The van der Waals surface area contributed by atoms with E-state index in [1.165, 1.54) is 24.4 Å². The largest absolute Gasteiger partial charge is 0.417 e. The van der Waals surface area contributed by atoms with Crippen LogP contribution in [0.1, 0.15) is 5.56 Å². The van der Waals surface area contributed by atoms with E-state index in [2.05, 4.69) is 26.2 Å². The quantitative estimate of drug-likeness (QED) is 0.633. The molecular formula is C12H7BrF4N2. The van der Waals surface area contributed by atoms with Gasteiger partial charge in [-0.1, -0.05) is 15.9 Å². The zero-order chi connectivity index (χ0) is 14.0. The average Bonchev–Trinajstić information content (AvgIpc) is 2.30. The van der Waals surface area contributed by atoms with Gasteiger partial charge in [0.1, 0.15) is 0 Å². The summed E-state index contributed by atoms with van der Waals surface area (Å²) in [5.74, 6) is -0.710. The second kappa shape index (κ2) is 5.16. The average molecular weight is 335 g/mol. The predicted molar refractivity (Wildman–Crippen MR) is 66.6 cm³/mol. The number of rotatable bonds is 2. The molecule has 7 heteroatoms. The Bertz CT molecular complexity index is 599. The lowest BCUT2D eigenvalue weighted by atomic mass is 10.2. The van der Waals surface area contributed by atoms with Crippen LogP contribution in [0.5, 0.6) is 0 Å². The van der Waals surface area contributed by atoms with Crippen molar-refractivity contribution in [2.24, 2.45) is 0 Å². The van der Waals surface area contributed by atoms with Crippen molar-refractivity contribution < 1.29 is 17.6 Å². The fourth-order valence-corrected chi connectivity index (χ4v) is 1.94. The number of halogens is 5. The summed E-state index contributed by atoms with van der Waals surface area (Å²) in [4.78, 5) is 3.36. The van der Waals surface area contributed by atoms with Gasteiger partial charge in [0.15, 0.2) is 0 Å². The van der Waals surface area contributed by atoms with Gasteiger partial charge in [-0.3, -0.25) is 0 Å². The topological polar surface area (TPSA) is 24.9 Å². The van der Waals surface area contributed by atoms with Gasteiger partial charge in [-0.15, -0.1) is 0 Å². The molecule has 0 fully saturated rings. The number of benzene rings is 1. The van der Waals surface area contributed by atoms with E-state index in [4.69, 9.17) is 0 Å². The maximum atomic E-state index is 12.9. The van der Waals surface area contributed by atoms with Gasteiger partial charge < -0.3 is 5.32 Å². The first kappa shape index (κ1) is 13.8. The first-order chi connectivity index (χ1) is 8.86. The molecule has 1 N–H and O–H groups in total. The monoisotopic (exact) mass is 334 g/mol. The van der Waals surface area contributed by atoms with Gasteiger partial charge in [0.05, 0.1) is 5.56 Å². The van der Waals surface area contributed by atoms with Crippen molar-refractivity contribution in [1.82, 2.24) is 4.98 Å². The van der Waals surface area contributed by atoms with E-state index in [0.29, 0.717) is 5.69 Å². The summed E-state index contributed by atoms with van der Waals surface area (Å²) in [5.41, 5.74) is -0.267. The molecule has 0 aliphatic heterocycles. The third-order valence-corrected chi connectivity index (χ3v) is 2.98. The second-order valence-electron chi connectivity index (χ2n) is 3.68. The number of aromatic nitrogens is 1. The summed E-state index contributed by atoms with van der Waals surface area (Å²) >= 11 is 2.85. The van der Waals surface area contributed by atoms with Crippen LogP contribution in [0.15, 0.2) is 41.0 Å². The summed E-state index contributed by atoms with van der Waals surface area (Å²) in [6.45, 7) is 0. The molecule has 0 unspecified atom stereocenters. The van der Waals surface area contributed by atoms with Gasteiger partial charge in [0, 0.05) is 28.1 Å². The molecule has 0 amide bonds. The summed E-state index contributed by atoms with van der Waals surface area (Å²) in [6, 6.07) is 6.23. The van der Waals surface area contributed by atoms with Crippen LogP contribution in [0.4, 0.5) is 28.9 Å². The Hall–Kier alpha value is -1.63. The maximum absolute atomic E-state index is 12.9. The third kappa shape index (κ3) is 3.44. The van der Waals surface area contributed by atoms with Crippen molar-refractivity contribution in [3.8, 4) is 0 Å². The third-order valence-electron chi connectivity index (χ3n) is 2.29. The number of anilines is 2. The molecule has 0 spiro atoms. The maximum Gasteiger partial charge on any atom is 0.417 e. The summed E-state index contributed by atoms with van der Waals surface area (Å²) in [6.07, 6.45) is -3.23. The van der Waals surface area contributed by atoms with Gasteiger partial charge >= 0.3 is 6.18 Å². The lowest BCUT2D eigenvalue weighted by molar-refractivity contribution is -0.138. The minimum Gasteiger partial charge on any atom is -0.355 e. The van der Waals surface area contributed by atoms with Crippen molar-refractivity contribution in [3.63, 3.8) is 0 Å². The van der Waals surface area contributed by atoms with E-state index < -0.39 is 17.7 Å². The molecule has 0 saturated carbocycles. The van der Waals surface area contributed by atoms with Crippen LogP contribution in [-0.4, -0.2) is 4.98 Å². The van der Waals surface area contributed by atoms with Crippen molar-refractivity contribution in [2.75, 3.05) is 5.32 Å². The highest BCUT2D eigenvalue weighted by molar-refractivity contribution is 9.10. The minimum absolute atomic E-state index is 0.0496. The lowest BCUT2D eigenvalue weighted by Gasteiger charge is -2.12. The number of alkyl halides is 3. The standard InChI is InChI=1S/C12H7BrF4N2/c13-10-2-1-7(5-9(10)12(15,16)17)19-8-3-4-18-11(14)6-8/h1-6H,(H,18,19). The molecule has 2 rings (SSSR count). The van der Waals surface area contributed by atoms with E-state index in [1.54, 1.807) is 0 Å². The molecule has 2 nitrogen and oxygen atoms in total. The Labute approximate surface area is 114 Å². The Morgan fingerprint density at radius 2 is 1.74 bits per heavy atom. The fourth-order valence-electron chi connectivity index (χ4n) is 1.47. The van der Waals surface area contributed by atoms with E-state index in [-0.39, 0.29) is 10.2 Å². The van der Waals surface area contributed by atoms with Gasteiger partial charge in [-0.25, -0.2) is 4.98 Å². The molecule has 100 valence electrons. The Morgan fingerprint density at radius 3 is 2.37 bits per heavy atom. The molecule has 0 aliphatic carbocycles. The van der Waals surface area contributed by atoms with Gasteiger partial charge in [-0.2, -0.15) is 17.6 Å². The van der Waals surface area contributed by atoms with Crippen molar-refractivity contribution in [1.29, 1.82) is 0 Å². The van der Waals surface area contributed by atoms with E-state index in [9.17, 15) is 17.6 Å². The molecule has 1 heterocycles. The van der Waals surface area contributed by atoms with E-state index >= 15 is 0 Å². The molecule has 0 bridgehead atoms. The van der Waals surface area contributed by atoms with Crippen LogP contribution in [0.3, 0.4) is 0 Å². The number of hydrogen-bond acceptors (Lipinski definition) is 2. The first-order valence-corrected chi connectivity index (χ1v) is 5.91. The van der Waals surface area contributed by atoms with E-state index in [1.807, 2.05) is 0 Å². The highest BCUT2D eigenvalue weighted by Crippen LogP contribution is 2.36. The molecule has 19 heavy (non-hydrogen) atoms.